The molecule has 8 heteroatoms. The molecule has 28 heavy (non-hydrogen) atoms. The van der Waals surface area contributed by atoms with Crippen LogP contribution < -0.4 is 0 Å². The average molecular weight is 382 g/mol. The van der Waals surface area contributed by atoms with Gasteiger partial charge in [-0.1, -0.05) is 12.1 Å². The molecule has 0 saturated carbocycles. The van der Waals surface area contributed by atoms with Crippen LogP contribution in [0.5, 0.6) is 0 Å². The number of carboxylic acid groups (broad SMARTS) is 1. The molecule has 2 aromatic heterocycles. The van der Waals surface area contributed by atoms with Gasteiger partial charge in [0.05, 0.1) is 12.7 Å². The van der Waals surface area contributed by atoms with E-state index in [1.54, 1.807) is 24.3 Å². The highest BCUT2D eigenvalue weighted by Gasteiger charge is 2.21. The summed E-state index contributed by atoms with van der Waals surface area (Å²) in [6.07, 6.45) is -0.0327. The Hall–Kier alpha value is -3.81. The van der Waals surface area contributed by atoms with Crippen molar-refractivity contribution in [2.75, 3.05) is 7.11 Å². The Morgan fingerprint density at radius 3 is 2.29 bits per heavy atom. The fourth-order valence-corrected chi connectivity index (χ4v) is 2.76. The van der Waals surface area contributed by atoms with E-state index in [4.69, 9.17) is 0 Å². The second kappa shape index (κ2) is 7.83. The van der Waals surface area contributed by atoms with Crippen molar-refractivity contribution < 1.29 is 28.6 Å². The number of ether oxygens (including phenoxy) is 1. The Kier molecular flexibility index (Phi) is 5.30. The zero-order chi connectivity index (χ0) is 20.3. The van der Waals surface area contributed by atoms with Crippen molar-refractivity contribution in [2.45, 2.75) is 6.42 Å². The van der Waals surface area contributed by atoms with E-state index >= 15 is 0 Å². The third-order valence-electron chi connectivity index (χ3n) is 4.14. The van der Waals surface area contributed by atoms with E-state index in [1.807, 2.05) is 0 Å². The molecule has 0 atom stereocenters. The lowest BCUT2D eigenvalue weighted by Crippen LogP contribution is -2.19. The van der Waals surface area contributed by atoms with Gasteiger partial charge in [0.15, 0.2) is 0 Å². The third kappa shape index (κ3) is 3.80. The molecule has 3 rings (SSSR count). The molecule has 0 unspecified atom stereocenters. The molecule has 0 saturated heterocycles. The van der Waals surface area contributed by atoms with E-state index in [9.17, 15) is 23.9 Å². The summed E-state index contributed by atoms with van der Waals surface area (Å²) in [6.45, 7) is 0. The normalized spacial score (nSPS) is 10.5. The summed E-state index contributed by atoms with van der Waals surface area (Å²) in [4.78, 5) is 39.3. The Labute approximate surface area is 159 Å². The summed E-state index contributed by atoms with van der Waals surface area (Å²) in [6, 6.07) is 11.7. The fourth-order valence-electron chi connectivity index (χ4n) is 2.76. The van der Waals surface area contributed by atoms with Gasteiger partial charge < -0.3 is 9.84 Å². The van der Waals surface area contributed by atoms with Gasteiger partial charge in [0, 0.05) is 23.9 Å². The van der Waals surface area contributed by atoms with Gasteiger partial charge in [0.25, 0.3) is 0 Å². The first-order valence-electron chi connectivity index (χ1n) is 8.18. The first-order valence-corrected chi connectivity index (χ1v) is 8.18. The molecule has 7 nitrogen and oxygen atoms in total. The number of ketones is 1. The number of aromatic nitrogens is 2. The lowest BCUT2D eigenvalue weighted by atomic mass is 10.1. The Balaban J connectivity index is 1.90. The van der Waals surface area contributed by atoms with Crippen LogP contribution >= 0.6 is 0 Å². The number of halogens is 1. The predicted octanol–water partition coefficient (Wildman–Crippen LogP) is 3.16. The summed E-state index contributed by atoms with van der Waals surface area (Å²) in [5.41, 5.74) is 1.50. The lowest BCUT2D eigenvalue weighted by molar-refractivity contribution is 0.0600. The number of hydrogen-bond donors (Lipinski definition) is 1. The number of carbonyl (C=O) groups is 3. The first-order chi connectivity index (χ1) is 13.4. The van der Waals surface area contributed by atoms with Crippen LogP contribution in [-0.2, 0) is 11.2 Å². The molecule has 0 fully saturated rings. The molecule has 0 amide bonds. The maximum absolute atomic E-state index is 13.0. The van der Waals surface area contributed by atoms with Gasteiger partial charge in [-0.15, -0.1) is 0 Å². The van der Waals surface area contributed by atoms with E-state index in [-0.39, 0.29) is 17.7 Å². The predicted molar refractivity (Wildman–Crippen MR) is 96.1 cm³/mol. The minimum atomic E-state index is -1.32. The topological polar surface area (TPSA) is 98.5 Å². The minimum Gasteiger partial charge on any atom is -0.465 e. The van der Waals surface area contributed by atoms with Gasteiger partial charge in [-0.3, -0.25) is 4.79 Å². The second-order valence-corrected chi connectivity index (χ2v) is 5.89. The summed E-state index contributed by atoms with van der Waals surface area (Å²) in [7, 11) is 1.28. The zero-order valence-electron chi connectivity index (χ0n) is 14.8. The average Bonchev–Trinajstić information content (AvgIpc) is 3.11. The standard InChI is InChI=1S/C20H15FN2O5/c1-28-19(25)13-4-2-12(3-5-13)10-15-7-8-16(23(15)20(26)27)18(24)14-6-9-17(21)22-11-14/h2-9,11H,10H2,1H3,(H,26,27). The molecule has 3 aromatic rings. The molecule has 1 N–H and O–H groups in total. The van der Waals surface area contributed by atoms with Crippen LogP contribution in [0.2, 0.25) is 0 Å². The molecule has 1 aromatic carbocycles. The molecule has 142 valence electrons. The molecule has 0 aliphatic rings. The van der Waals surface area contributed by atoms with Crippen molar-refractivity contribution in [1.29, 1.82) is 0 Å². The zero-order valence-corrected chi connectivity index (χ0v) is 14.8. The van der Waals surface area contributed by atoms with E-state index in [0.717, 1.165) is 22.4 Å². The molecule has 2 heterocycles. The minimum absolute atomic E-state index is 0.0675. The van der Waals surface area contributed by atoms with Gasteiger partial charge in [-0.2, -0.15) is 4.39 Å². The SMILES string of the molecule is COC(=O)c1ccc(Cc2ccc(C(=O)c3ccc(F)nc3)n2C(=O)O)cc1. The van der Waals surface area contributed by atoms with E-state index in [2.05, 4.69) is 9.72 Å². The maximum atomic E-state index is 13.0. The summed E-state index contributed by atoms with van der Waals surface area (Å²) in [5, 5.41) is 9.58. The van der Waals surface area contributed by atoms with Crippen LogP contribution in [0.25, 0.3) is 0 Å². The van der Waals surface area contributed by atoms with Crippen LogP contribution in [0, 0.1) is 5.95 Å². The molecular formula is C20H15FN2O5. The largest absolute Gasteiger partial charge is 0.465 e. The van der Waals surface area contributed by atoms with Gasteiger partial charge >= 0.3 is 12.1 Å². The molecular weight excluding hydrogens is 367 g/mol. The quantitative estimate of drug-likeness (QED) is 0.413. The molecule has 0 aliphatic heterocycles. The first kappa shape index (κ1) is 19.0. The Morgan fingerprint density at radius 1 is 1.04 bits per heavy atom. The van der Waals surface area contributed by atoms with Gasteiger partial charge in [0.1, 0.15) is 5.69 Å². The van der Waals surface area contributed by atoms with Gasteiger partial charge in [-0.25, -0.2) is 19.1 Å². The van der Waals surface area contributed by atoms with Crippen LogP contribution in [0.3, 0.4) is 0 Å². The number of carbonyl (C=O) groups excluding carboxylic acids is 2. The van der Waals surface area contributed by atoms with Gasteiger partial charge in [-0.05, 0) is 42.0 Å². The highest BCUT2D eigenvalue weighted by atomic mass is 19.1. The number of benzene rings is 1. The highest BCUT2D eigenvalue weighted by Crippen LogP contribution is 2.18. The summed E-state index contributed by atoms with van der Waals surface area (Å²) >= 11 is 0. The smallest absolute Gasteiger partial charge is 0.416 e. The Morgan fingerprint density at radius 2 is 1.71 bits per heavy atom. The summed E-state index contributed by atoms with van der Waals surface area (Å²) < 4.78 is 18.5. The lowest BCUT2D eigenvalue weighted by Gasteiger charge is -2.09. The van der Waals surface area contributed by atoms with E-state index in [1.165, 1.54) is 25.3 Å². The van der Waals surface area contributed by atoms with Crippen molar-refractivity contribution in [3.05, 3.63) is 88.8 Å². The molecule has 0 bridgehead atoms. The van der Waals surface area contributed by atoms with Crippen molar-refractivity contribution in [1.82, 2.24) is 9.55 Å². The van der Waals surface area contributed by atoms with E-state index in [0.29, 0.717) is 11.3 Å². The van der Waals surface area contributed by atoms with Gasteiger partial charge in [0.2, 0.25) is 11.7 Å². The van der Waals surface area contributed by atoms with Crippen molar-refractivity contribution in [3.63, 3.8) is 0 Å². The second-order valence-electron chi connectivity index (χ2n) is 5.89. The number of rotatable bonds is 5. The van der Waals surface area contributed by atoms with Crippen LogP contribution in [-0.4, -0.2) is 39.6 Å². The van der Waals surface area contributed by atoms with Crippen molar-refractivity contribution in [3.8, 4) is 0 Å². The number of pyridine rings is 1. The van der Waals surface area contributed by atoms with Crippen molar-refractivity contribution in [2.24, 2.45) is 0 Å². The third-order valence-corrected chi connectivity index (χ3v) is 4.14. The number of methoxy groups -OCH3 is 1. The molecule has 0 spiro atoms. The monoisotopic (exact) mass is 382 g/mol. The number of nitrogens with zero attached hydrogens (tertiary/aromatic N) is 2. The number of hydrogen-bond acceptors (Lipinski definition) is 5. The van der Waals surface area contributed by atoms with Crippen LogP contribution in [0.4, 0.5) is 9.18 Å². The van der Waals surface area contributed by atoms with Crippen molar-refractivity contribution >= 4 is 17.8 Å². The summed E-state index contributed by atoms with van der Waals surface area (Å²) in [5.74, 6) is -1.79. The highest BCUT2D eigenvalue weighted by molar-refractivity contribution is 6.09. The van der Waals surface area contributed by atoms with Crippen LogP contribution in [0.1, 0.15) is 37.7 Å². The van der Waals surface area contributed by atoms with E-state index < -0.39 is 23.8 Å². The Bertz CT molecular complexity index is 1040. The number of esters is 1. The van der Waals surface area contributed by atoms with Crippen LogP contribution in [0.15, 0.2) is 54.7 Å². The fraction of sp³-hybridized carbons (Fsp3) is 0.100. The molecule has 0 aliphatic carbocycles. The molecule has 0 radical (unpaired) electrons. The maximum Gasteiger partial charge on any atom is 0.416 e.